The van der Waals surface area contributed by atoms with Crippen LogP contribution in [0.5, 0.6) is 11.5 Å². The Balaban J connectivity index is 0.942. The standard InChI is InChI=1S/C76H95N9O19/c1-39(2)61(80-55(89)20-13-12-14-29-85-56(90)25-26-57(85)91)51(87)35-48(19-16-28-78-75(77)99)74(98)79-49-23-21-47(22-24-49)38-83-30-32-84(33-31-83)50-36-52(88)62-54(37-50)103-71-63(81-62)58-59-67(94)45(8)70-60(58)72(96)76(10,104-70)101-34-27-53(100-11)42(5)69(102-46(9)86)44(7)66(93)43(6)65(92)40(3)17-15-18-41(4)73(97)82-64(71)68(59)95/h15,17-18,21-27,34,36-37,39-40,42-44,48,53,61,65-66,69,92-94,96H,12-14,16,19-20,28-33,35,38H2,1-11H3,(H,79,98)(H,80,89)(H,82,97)(H3,77,78,99)/b17-15+,34-27+,41-18-/t40-,42+,43+,44+,48+,53-,61-,65-,66+,69+,76-/m0/s1. The summed E-state index contributed by atoms with van der Waals surface area (Å²) in [4.78, 5) is 143. The average Bonchev–Trinajstić information content (AvgIpc) is 1.39. The van der Waals surface area contributed by atoms with Crippen LogP contribution in [-0.2, 0) is 54.3 Å². The number of methoxy groups -OCH3 is 1. The molecule has 28 nitrogen and oxygen atoms in total. The number of aromatic hydroxyl groups is 1. The second-order valence-corrected chi connectivity index (χ2v) is 28.0. The predicted octanol–water partition coefficient (Wildman–Crippen LogP) is 6.47. The Labute approximate surface area is 601 Å². The lowest BCUT2D eigenvalue weighted by molar-refractivity contribution is -0.160. The lowest BCUT2D eigenvalue weighted by Gasteiger charge is -2.38. The molecular formula is C76H95N9O19. The number of aliphatic hydroxyl groups is 3. The number of allylic oxidation sites excluding steroid dienone is 2. The van der Waals surface area contributed by atoms with Crippen molar-refractivity contribution in [1.82, 2.24) is 25.4 Å². The second kappa shape index (κ2) is 33.6. The number of unbranched alkanes of at least 4 members (excludes halogenated alkanes) is 2. The van der Waals surface area contributed by atoms with Crippen molar-refractivity contribution in [3.8, 4) is 11.5 Å². The number of phenolic OH excluding ortho intramolecular Hbond substituents is 1. The number of piperazine rings is 1. The average molecular weight is 1440 g/mol. The van der Waals surface area contributed by atoms with E-state index in [1.165, 1.54) is 71.4 Å². The zero-order valence-corrected chi connectivity index (χ0v) is 60.5. The summed E-state index contributed by atoms with van der Waals surface area (Å²) in [5.74, 6) is -10.4. The van der Waals surface area contributed by atoms with Gasteiger partial charge >= 0.3 is 17.8 Å². The molecule has 4 bridgehead atoms. The molecule has 104 heavy (non-hydrogen) atoms. The Morgan fingerprint density at radius 2 is 1.55 bits per heavy atom. The molecule has 9 rings (SSSR count). The molecular weight excluding hydrogens is 1340 g/mol. The monoisotopic (exact) mass is 1440 g/mol. The second-order valence-electron chi connectivity index (χ2n) is 28.0. The Hall–Kier alpha value is -10.0. The summed E-state index contributed by atoms with van der Waals surface area (Å²) in [7, 11) is 1.42. The Kier molecular flexibility index (Phi) is 25.2. The van der Waals surface area contributed by atoms with E-state index in [2.05, 4.69) is 26.2 Å². The van der Waals surface area contributed by atoms with Crippen molar-refractivity contribution in [2.24, 2.45) is 41.2 Å². The lowest BCUT2D eigenvalue weighted by atomic mass is 9.78. The number of ether oxygens (including phenoxy) is 4. The van der Waals surface area contributed by atoms with Gasteiger partial charge in [0.25, 0.3) is 17.7 Å². The van der Waals surface area contributed by atoms with Gasteiger partial charge in [-0.25, -0.2) is 9.78 Å². The van der Waals surface area contributed by atoms with E-state index in [4.69, 9.17) is 34.1 Å². The number of esters is 1. The van der Waals surface area contributed by atoms with Crippen LogP contribution in [0.1, 0.15) is 118 Å². The number of carbonyl (C=O) groups excluding carboxylic acids is 8. The first-order valence-corrected chi connectivity index (χ1v) is 35.2. The van der Waals surface area contributed by atoms with Crippen LogP contribution in [0.3, 0.4) is 0 Å². The molecule has 0 spiro atoms. The molecule has 0 unspecified atom stereocenters. The topological polar surface area (TPSA) is 398 Å². The van der Waals surface area contributed by atoms with Crippen LogP contribution in [0.2, 0.25) is 0 Å². The van der Waals surface area contributed by atoms with Gasteiger partial charge in [-0.1, -0.05) is 78.3 Å². The number of benzene rings is 4. The number of amides is 7. The molecule has 7 amide bonds. The van der Waals surface area contributed by atoms with Crippen molar-refractivity contribution in [2.75, 3.05) is 61.9 Å². The number of aromatic nitrogens is 1. The van der Waals surface area contributed by atoms with Crippen LogP contribution in [0, 0.1) is 42.4 Å². The van der Waals surface area contributed by atoms with E-state index in [0.717, 1.165) is 10.5 Å². The van der Waals surface area contributed by atoms with Crippen molar-refractivity contribution < 1.29 is 82.1 Å². The van der Waals surface area contributed by atoms with Gasteiger partial charge in [-0.3, -0.25) is 53.0 Å². The van der Waals surface area contributed by atoms with Gasteiger partial charge in [-0.05, 0) is 69.2 Å². The van der Waals surface area contributed by atoms with Crippen molar-refractivity contribution in [1.29, 1.82) is 0 Å². The number of nitrogens with zero attached hydrogens (tertiary/aromatic N) is 4. The van der Waals surface area contributed by atoms with Gasteiger partial charge in [0.15, 0.2) is 28.2 Å². The van der Waals surface area contributed by atoms with Crippen LogP contribution < -0.4 is 52.7 Å². The zero-order chi connectivity index (χ0) is 75.8. The fraction of sp³-hybridized carbons (Fsp3) is 0.487. The molecule has 5 heterocycles. The van der Waals surface area contributed by atoms with E-state index >= 15 is 4.79 Å². The first kappa shape index (κ1) is 78.1. The number of nitrogens with one attached hydrogen (secondary N) is 4. The maximum Gasteiger partial charge on any atom is 0.312 e. The van der Waals surface area contributed by atoms with Gasteiger partial charge in [0.2, 0.25) is 22.7 Å². The molecule has 0 radical (unpaired) electrons. The van der Waals surface area contributed by atoms with E-state index in [1.807, 2.05) is 17.0 Å². The number of primary amides is 1. The van der Waals surface area contributed by atoms with Crippen LogP contribution in [0.4, 0.5) is 21.9 Å². The van der Waals surface area contributed by atoms with Crippen LogP contribution in [0.25, 0.3) is 38.7 Å². The van der Waals surface area contributed by atoms with Crippen molar-refractivity contribution in [3.63, 3.8) is 0 Å². The third-order valence-electron chi connectivity index (χ3n) is 20.1. The van der Waals surface area contributed by atoms with Crippen LogP contribution in [-0.4, -0.2) is 165 Å². The number of hydrogen-bond acceptors (Lipinski definition) is 22. The fourth-order valence-electron chi connectivity index (χ4n) is 13.9. The number of hydrogen-bond donors (Lipinski definition) is 9. The Morgan fingerprint density at radius 3 is 2.20 bits per heavy atom. The fourth-order valence-corrected chi connectivity index (χ4v) is 13.9. The van der Waals surface area contributed by atoms with Gasteiger partial charge in [-0.2, -0.15) is 0 Å². The highest BCUT2D eigenvalue weighted by atomic mass is 16.7. The highest BCUT2D eigenvalue weighted by Gasteiger charge is 2.45. The SMILES string of the molecule is CO[C@H]1/C=C/O[C@@]2(C)Oc3c(C)c(O)c4c(=O)c(c5oc6cc(N7CCN(Cc8ccc(NC(=O)[C@H](CCCNC(N)=O)CC(=O)[C@@H](NC(=O)CCCCCN9C(=O)C=CC9=O)C(C)C)cc8)CC7)cc(=O)c6nc5c4c3=C2O)NC(=O)/C(C)=C\C=C\[C@H](C)[C@H](O)[C@@H](C)[C@@H](O)[C@@H](C)[C@H](OC(C)=O)[C@@H]1C. The van der Waals surface area contributed by atoms with E-state index in [9.17, 15) is 63.6 Å². The van der Waals surface area contributed by atoms with Gasteiger partial charge in [0.05, 0.1) is 41.2 Å². The molecule has 558 valence electrons. The molecule has 0 saturated carbocycles. The number of carbonyl (C=O) groups is 8. The van der Waals surface area contributed by atoms with Crippen molar-refractivity contribution in [3.05, 3.63) is 121 Å². The first-order valence-electron chi connectivity index (χ1n) is 35.2. The minimum Gasteiger partial charge on any atom is -0.507 e. The number of ketones is 1. The summed E-state index contributed by atoms with van der Waals surface area (Å²) in [6.07, 6.45) is 7.73. The molecule has 1 saturated heterocycles. The molecule has 28 heteroatoms. The highest BCUT2D eigenvalue weighted by Crippen LogP contribution is 2.43. The van der Waals surface area contributed by atoms with Gasteiger partial charge in [0.1, 0.15) is 28.8 Å². The molecule has 4 aromatic carbocycles. The molecule has 5 aromatic rings. The molecule has 10 N–H and O–H groups in total. The number of nitrogens with two attached hydrogens (primary N) is 1. The van der Waals surface area contributed by atoms with E-state index in [0.29, 0.717) is 69.8 Å². The van der Waals surface area contributed by atoms with E-state index < -0.39 is 123 Å². The number of rotatable bonds is 22. The molecule has 11 atom stereocenters. The van der Waals surface area contributed by atoms with E-state index in [1.54, 1.807) is 71.9 Å². The molecule has 1 aromatic heterocycles. The number of imide groups is 1. The number of Topliss-reactive ketones (excluding diaryl/α,β-unsaturated/α-hetero) is 1. The van der Waals surface area contributed by atoms with Crippen molar-refractivity contribution >= 4 is 103 Å². The van der Waals surface area contributed by atoms with Gasteiger partial charge in [-0.15, -0.1) is 0 Å². The summed E-state index contributed by atoms with van der Waals surface area (Å²) in [5, 5.41) is 58.0. The quantitative estimate of drug-likeness (QED) is 0.0118. The normalized spacial score (nSPS) is 24.4. The first-order chi connectivity index (χ1) is 49.3. The van der Waals surface area contributed by atoms with Gasteiger partial charge < -0.3 is 75.7 Å². The number of phenols is 1. The third-order valence-corrected chi connectivity index (χ3v) is 20.1. The molecule has 4 aliphatic rings. The Morgan fingerprint density at radius 1 is 0.856 bits per heavy atom. The molecule has 1 fully saturated rings. The summed E-state index contributed by atoms with van der Waals surface area (Å²) < 4.78 is 30.8. The summed E-state index contributed by atoms with van der Waals surface area (Å²) in [6.45, 7) is 18.9. The largest absolute Gasteiger partial charge is 0.507 e. The molecule has 0 aliphatic carbocycles. The minimum atomic E-state index is -2.06. The number of urea groups is 1. The Bertz CT molecular complexity index is 4430. The number of aliphatic hydroxyl groups excluding tert-OH is 3. The maximum atomic E-state index is 15.2. The maximum absolute atomic E-state index is 15.2. The number of anilines is 3. The van der Waals surface area contributed by atoms with Crippen molar-refractivity contribution in [2.45, 2.75) is 157 Å². The summed E-state index contributed by atoms with van der Waals surface area (Å²) >= 11 is 0. The minimum absolute atomic E-state index is 0.00662. The van der Waals surface area contributed by atoms with Crippen LogP contribution in [0.15, 0.2) is 98.7 Å². The number of fused-ring (bicyclic) bond motifs is 2. The third kappa shape index (κ3) is 17.6. The summed E-state index contributed by atoms with van der Waals surface area (Å²) in [5.41, 5.74) is 4.54. The lowest BCUT2D eigenvalue weighted by Crippen LogP contribution is -2.46. The smallest absolute Gasteiger partial charge is 0.312 e. The van der Waals surface area contributed by atoms with E-state index in [-0.39, 0.29) is 111 Å². The zero-order valence-electron chi connectivity index (χ0n) is 60.5. The molecule has 4 aliphatic heterocycles. The summed E-state index contributed by atoms with van der Waals surface area (Å²) in [6, 6.07) is 8.69. The van der Waals surface area contributed by atoms with Gasteiger partial charge in [0, 0.05) is 161 Å². The predicted molar refractivity (Wildman–Crippen MR) is 389 cm³/mol. The highest BCUT2D eigenvalue weighted by molar-refractivity contribution is 6.17. The van der Waals surface area contributed by atoms with Crippen LogP contribution >= 0.6 is 0 Å².